The van der Waals surface area contributed by atoms with Crippen LogP contribution in [0, 0.1) is 28.4 Å². The molecular formula is C33H40Cl2F2N4O3. The number of nitrogens with zero attached hydrogens (tertiary/aromatic N) is 2. The van der Waals surface area contributed by atoms with Crippen LogP contribution in [0.15, 0.2) is 36.4 Å². The highest BCUT2D eigenvalue weighted by Crippen LogP contribution is 2.52. The minimum Gasteiger partial charge on any atom is -0.444 e. The molecule has 7 nitrogen and oxygen atoms in total. The Morgan fingerprint density at radius 1 is 1.11 bits per heavy atom. The van der Waals surface area contributed by atoms with Gasteiger partial charge in [-0.25, -0.2) is 13.6 Å². The van der Waals surface area contributed by atoms with E-state index in [1.165, 1.54) is 24.3 Å². The number of hydrogen-bond donors (Lipinski definition) is 2. The van der Waals surface area contributed by atoms with Crippen LogP contribution < -0.4 is 10.6 Å². The molecule has 4 atom stereocenters. The monoisotopic (exact) mass is 648 g/mol. The van der Waals surface area contributed by atoms with Crippen LogP contribution in [-0.4, -0.2) is 53.7 Å². The molecule has 0 saturated carbocycles. The molecule has 2 fully saturated rings. The first-order valence-electron chi connectivity index (χ1n) is 14.8. The number of piperidine rings is 1. The molecule has 2 amide bonds. The zero-order valence-corrected chi connectivity index (χ0v) is 27.5. The summed E-state index contributed by atoms with van der Waals surface area (Å²) in [4.78, 5) is 28.3. The summed E-state index contributed by atoms with van der Waals surface area (Å²) in [5, 5.41) is 17.4. The summed E-state index contributed by atoms with van der Waals surface area (Å²) in [6.07, 6.45) is 0.924. The number of carbonyl (C=O) groups excluding carboxylic acids is 2. The number of rotatable bonds is 5. The van der Waals surface area contributed by atoms with Crippen LogP contribution in [-0.2, 0) is 14.9 Å². The lowest BCUT2D eigenvalue weighted by Gasteiger charge is -2.37. The van der Waals surface area contributed by atoms with Crippen LogP contribution in [0.25, 0.3) is 0 Å². The maximum Gasteiger partial charge on any atom is 0.410 e. The second-order valence-electron chi connectivity index (χ2n) is 13.9. The van der Waals surface area contributed by atoms with Gasteiger partial charge in [0.25, 0.3) is 0 Å². The molecule has 2 heterocycles. The molecule has 0 aromatic heterocycles. The highest BCUT2D eigenvalue weighted by atomic mass is 35.5. The Morgan fingerprint density at radius 3 is 2.34 bits per heavy atom. The van der Waals surface area contributed by atoms with E-state index in [0.29, 0.717) is 32.4 Å². The van der Waals surface area contributed by atoms with E-state index in [4.69, 9.17) is 27.9 Å². The van der Waals surface area contributed by atoms with E-state index in [2.05, 4.69) is 16.7 Å². The van der Waals surface area contributed by atoms with Gasteiger partial charge in [0.05, 0.1) is 17.1 Å². The molecule has 0 bridgehead atoms. The number of nitriles is 1. The minimum atomic E-state index is -1.70. The second-order valence-corrected chi connectivity index (χ2v) is 14.8. The van der Waals surface area contributed by atoms with Gasteiger partial charge in [-0.2, -0.15) is 5.26 Å². The second kappa shape index (κ2) is 12.8. The van der Waals surface area contributed by atoms with Gasteiger partial charge in [0.15, 0.2) is 0 Å². The summed E-state index contributed by atoms with van der Waals surface area (Å²) in [6, 6.07) is 8.73. The van der Waals surface area contributed by atoms with E-state index in [1.54, 1.807) is 31.7 Å². The van der Waals surface area contributed by atoms with Crippen molar-refractivity contribution in [3.05, 3.63) is 69.2 Å². The molecule has 11 heteroatoms. The summed E-state index contributed by atoms with van der Waals surface area (Å²) in [6.45, 7) is 12.1. The Hall–Kier alpha value is -2.93. The predicted molar refractivity (Wildman–Crippen MR) is 167 cm³/mol. The molecule has 2 N–H and O–H groups in total. The standard InChI is InChI=1S/C33H40Cl2F2N4O3/c1-31(2,3)17-25-33(18-38,22-11-10-19(34)16-24(22)36)26(21-8-7-9-23(35)27(21)37)28(40-25)29(42)39-20-12-14-41(15-13-20)30(43)44-32(4,5)6/h7-11,16,20,25-26,28,40H,12-15,17H2,1-6H3,(H,39,42)/t25-,26?,28+,33?/m0/s1. The number of likely N-dealkylation sites (tertiary alicyclic amines) is 1. The van der Waals surface area contributed by atoms with Crippen molar-refractivity contribution in [3.8, 4) is 6.07 Å². The summed E-state index contributed by atoms with van der Waals surface area (Å²) >= 11 is 12.3. The molecule has 0 aliphatic carbocycles. The molecule has 2 unspecified atom stereocenters. The Balaban J connectivity index is 1.73. The fourth-order valence-electron chi connectivity index (χ4n) is 6.38. The van der Waals surface area contributed by atoms with E-state index < -0.39 is 52.7 Å². The number of amides is 2. The molecule has 4 rings (SSSR count). The molecule has 2 saturated heterocycles. The maximum atomic E-state index is 15.8. The fourth-order valence-corrected chi connectivity index (χ4v) is 6.72. The van der Waals surface area contributed by atoms with E-state index in [0.717, 1.165) is 6.07 Å². The van der Waals surface area contributed by atoms with Crippen LogP contribution in [0.4, 0.5) is 13.6 Å². The first-order chi connectivity index (χ1) is 20.5. The lowest BCUT2D eigenvalue weighted by atomic mass is 9.62. The molecule has 238 valence electrons. The van der Waals surface area contributed by atoms with E-state index in [9.17, 15) is 14.9 Å². The topological polar surface area (TPSA) is 94.5 Å². The van der Waals surface area contributed by atoms with Crippen molar-refractivity contribution in [2.24, 2.45) is 5.41 Å². The lowest BCUT2D eigenvalue weighted by Crippen LogP contribution is -2.52. The van der Waals surface area contributed by atoms with Gasteiger partial charge in [0.2, 0.25) is 5.91 Å². The molecule has 2 aliphatic rings. The summed E-state index contributed by atoms with van der Waals surface area (Å²) in [5.41, 5.74) is -2.61. The highest BCUT2D eigenvalue weighted by Gasteiger charge is 2.61. The SMILES string of the molecule is CC(C)(C)C[C@@H]1N[C@@H](C(=O)NC2CCN(C(=O)OC(C)(C)C)CC2)C(c2cccc(Cl)c2F)C1(C#N)c1ccc(Cl)cc1F. The zero-order valence-electron chi connectivity index (χ0n) is 25.9. The smallest absolute Gasteiger partial charge is 0.410 e. The third-order valence-electron chi connectivity index (χ3n) is 8.22. The van der Waals surface area contributed by atoms with Gasteiger partial charge in [-0.05, 0) is 69.2 Å². The lowest BCUT2D eigenvalue weighted by molar-refractivity contribution is -0.124. The van der Waals surface area contributed by atoms with Crippen LogP contribution in [0.1, 0.15) is 77.8 Å². The first-order valence-corrected chi connectivity index (χ1v) is 15.6. The Labute approximate surface area is 268 Å². The van der Waals surface area contributed by atoms with Crippen molar-refractivity contribution < 1.29 is 23.1 Å². The van der Waals surface area contributed by atoms with Crippen LogP contribution in [0.3, 0.4) is 0 Å². The van der Waals surface area contributed by atoms with Crippen molar-refractivity contribution >= 4 is 35.2 Å². The Bertz CT molecular complexity index is 1440. The van der Waals surface area contributed by atoms with Crippen LogP contribution >= 0.6 is 23.2 Å². The van der Waals surface area contributed by atoms with Gasteiger partial charge in [0.1, 0.15) is 22.7 Å². The zero-order chi connectivity index (χ0) is 32.6. The molecule has 44 heavy (non-hydrogen) atoms. The molecule has 0 radical (unpaired) electrons. The van der Waals surface area contributed by atoms with Gasteiger partial charge in [-0.15, -0.1) is 0 Å². The fraction of sp³-hybridized carbons (Fsp3) is 0.545. The third kappa shape index (κ3) is 7.14. The van der Waals surface area contributed by atoms with Crippen LogP contribution in [0.2, 0.25) is 10.0 Å². The van der Waals surface area contributed by atoms with Crippen molar-refractivity contribution in [2.75, 3.05) is 13.1 Å². The molecule has 2 aliphatic heterocycles. The number of hydrogen-bond acceptors (Lipinski definition) is 5. The number of ether oxygens (including phenoxy) is 1. The molecule has 2 aromatic carbocycles. The van der Waals surface area contributed by atoms with Crippen molar-refractivity contribution in [1.82, 2.24) is 15.5 Å². The summed E-state index contributed by atoms with van der Waals surface area (Å²) < 4.78 is 37.1. The van der Waals surface area contributed by atoms with Crippen molar-refractivity contribution in [3.63, 3.8) is 0 Å². The minimum absolute atomic E-state index is 0.0245. The Kier molecular flexibility index (Phi) is 9.89. The number of halogens is 4. The quantitative estimate of drug-likeness (QED) is 0.360. The van der Waals surface area contributed by atoms with Gasteiger partial charge in [0, 0.05) is 41.7 Å². The van der Waals surface area contributed by atoms with Crippen molar-refractivity contribution in [1.29, 1.82) is 5.26 Å². The predicted octanol–water partition coefficient (Wildman–Crippen LogP) is 7.11. The first kappa shape index (κ1) is 34.0. The highest BCUT2D eigenvalue weighted by molar-refractivity contribution is 6.31. The van der Waals surface area contributed by atoms with Gasteiger partial charge in [-0.3, -0.25) is 4.79 Å². The third-order valence-corrected chi connectivity index (χ3v) is 8.75. The van der Waals surface area contributed by atoms with E-state index >= 15 is 8.78 Å². The number of carbonyl (C=O) groups is 2. The summed E-state index contributed by atoms with van der Waals surface area (Å²) in [7, 11) is 0. The average molecular weight is 650 g/mol. The molecule has 2 aromatic rings. The summed E-state index contributed by atoms with van der Waals surface area (Å²) in [5.74, 6) is -3.08. The largest absolute Gasteiger partial charge is 0.444 e. The normalized spacial score (nSPS) is 24.6. The average Bonchev–Trinajstić information content (AvgIpc) is 3.22. The van der Waals surface area contributed by atoms with Gasteiger partial charge >= 0.3 is 6.09 Å². The van der Waals surface area contributed by atoms with Crippen LogP contribution in [0.5, 0.6) is 0 Å². The van der Waals surface area contributed by atoms with E-state index in [-0.39, 0.29) is 32.6 Å². The van der Waals surface area contributed by atoms with Crippen molar-refractivity contribution in [2.45, 2.75) is 95.9 Å². The van der Waals surface area contributed by atoms with E-state index in [1.807, 2.05) is 20.8 Å². The molecular weight excluding hydrogens is 609 g/mol. The number of nitrogens with one attached hydrogen (secondary N) is 2. The van der Waals surface area contributed by atoms with Gasteiger partial charge in [-0.1, -0.05) is 62.2 Å². The maximum absolute atomic E-state index is 15.8. The number of benzene rings is 2. The Morgan fingerprint density at radius 2 is 1.77 bits per heavy atom. The van der Waals surface area contributed by atoms with Gasteiger partial charge < -0.3 is 20.3 Å². The molecule has 0 spiro atoms.